The number of ether oxygens (including phenoxy) is 1. The van der Waals surface area contributed by atoms with Gasteiger partial charge in [-0.15, -0.1) is 0 Å². The number of benzene rings is 2. The number of methoxy groups -OCH3 is 1. The molecule has 0 aliphatic heterocycles. The van der Waals surface area contributed by atoms with Crippen LogP contribution in [0.5, 0.6) is 5.75 Å². The lowest BCUT2D eigenvalue weighted by Gasteiger charge is -2.18. The van der Waals surface area contributed by atoms with Gasteiger partial charge in [-0.2, -0.15) is 0 Å². The standard InChI is InChI=1S/C18H22FNO/c1-20-13-14(11-15-7-3-5-9-17(15)19)12-16-8-4-6-10-18(16)21-2/h3-10,14,20H,11-13H2,1-2H3. The molecule has 2 nitrogen and oxygen atoms in total. The fourth-order valence-electron chi connectivity index (χ4n) is 2.66. The number of hydrogen-bond donors (Lipinski definition) is 1. The summed E-state index contributed by atoms with van der Waals surface area (Å²) >= 11 is 0. The first kappa shape index (κ1) is 15.5. The first-order valence-corrected chi connectivity index (χ1v) is 7.24. The van der Waals surface area contributed by atoms with E-state index in [9.17, 15) is 4.39 Å². The van der Waals surface area contributed by atoms with Crippen molar-refractivity contribution in [2.24, 2.45) is 5.92 Å². The lowest BCUT2D eigenvalue weighted by atomic mass is 9.92. The Kier molecular flexibility index (Phi) is 5.76. The highest BCUT2D eigenvalue weighted by atomic mass is 19.1. The molecule has 1 atom stereocenters. The number of halogens is 1. The third-order valence-electron chi connectivity index (χ3n) is 3.66. The number of nitrogens with one attached hydrogen (secondary N) is 1. The Bertz CT molecular complexity index is 571. The monoisotopic (exact) mass is 287 g/mol. The van der Waals surface area contributed by atoms with Gasteiger partial charge in [0, 0.05) is 0 Å². The maximum absolute atomic E-state index is 13.8. The minimum Gasteiger partial charge on any atom is -0.496 e. The van der Waals surface area contributed by atoms with Crippen LogP contribution in [-0.4, -0.2) is 20.7 Å². The fraction of sp³-hybridized carbons (Fsp3) is 0.333. The van der Waals surface area contributed by atoms with Crippen molar-refractivity contribution < 1.29 is 9.13 Å². The van der Waals surface area contributed by atoms with Crippen molar-refractivity contribution in [1.29, 1.82) is 0 Å². The Balaban J connectivity index is 2.14. The molecule has 0 saturated carbocycles. The first-order chi connectivity index (χ1) is 10.2. The maximum Gasteiger partial charge on any atom is 0.126 e. The molecule has 0 aliphatic carbocycles. The largest absolute Gasteiger partial charge is 0.496 e. The molecule has 0 radical (unpaired) electrons. The molecule has 0 heterocycles. The molecule has 0 saturated heterocycles. The van der Waals surface area contributed by atoms with E-state index < -0.39 is 0 Å². The second kappa shape index (κ2) is 7.79. The highest BCUT2D eigenvalue weighted by molar-refractivity contribution is 5.33. The van der Waals surface area contributed by atoms with Crippen molar-refractivity contribution >= 4 is 0 Å². The molecule has 1 unspecified atom stereocenters. The lowest BCUT2D eigenvalue weighted by molar-refractivity contribution is 0.401. The molecule has 0 aliphatic rings. The summed E-state index contributed by atoms with van der Waals surface area (Å²) < 4.78 is 19.2. The first-order valence-electron chi connectivity index (χ1n) is 7.24. The zero-order chi connectivity index (χ0) is 15.1. The Morgan fingerprint density at radius 2 is 1.62 bits per heavy atom. The Hall–Kier alpha value is -1.87. The van der Waals surface area contributed by atoms with E-state index in [0.29, 0.717) is 12.3 Å². The van der Waals surface area contributed by atoms with Gasteiger partial charge in [-0.05, 0) is 55.6 Å². The van der Waals surface area contributed by atoms with Crippen LogP contribution in [0.25, 0.3) is 0 Å². The van der Waals surface area contributed by atoms with Crippen LogP contribution in [0.1, 0.15) is 11.1 Å². The third-order valence-corrected chi connectivity index (χ3v) is 3.66. The summed E-state index contributed by atoms with van der Waals surface area (Å²) in [6, 6.07) is 15.0. The van der Waals surface area contributed by atoms with Crippen molar-refractivity contribution in [3.63, 3.8) is 0 Å². The van der Waals surface area contributed by atoms with Crippen molar-refractivity contribution in [3.8, 4) is 5.75 Å². The summed E-state index contributed by atoms with van der Waals surface area (Å²) in [6.45, 7) is 0.840. The minimum absolute atomic E-state index is 0.126. The van der Waals surface area contributed by atoms with Gasteiger partial charge >= 0.3 is 0 Å². The molecule has 3 heteroatoms. The van der Waals surface area contributed by atoms with E-state index in [1.54, 1.807) is 13.2 Å². The predicted octanol–water partition coefficient (Wildman–Crippen LogP) is 3.46. The molecular weight excluding hydrogens is 265 g/mol. The van der Waals surface area contributed by atoms with Crippen molar-refractivity contribution in [2.75, 3.05) is 20.7 Å². The van der Waals surface area contributed by atoms with Crippen LogP contribution < -0.4 is 10.1 Å². The van der Waals surface area contributed by atoms with E-state index >= 15 is 0 Å². The Morgan fingerprint density at radius 3 is 2.29 bits per heavy atom. The number of rotatable bonds is 7. The van der Waals surface area contributed by atoms with Gasteiger partial charge in [-0.25, -0.2) is 4.39 Å². The van der Waals surface area contributed by atoms with E-state index in [1.165, 1.54) is 6.07 Å². The molecule has 2 aromatic carbocycles. The summed E-state index contributed by atoms with van der Waals surface area (Å²) in [5, 5.41) is 3.20. The second-order valence-corrected chi connectivity index (χ2v) is 5.24. The van der Waals surface area contributed by atoms with E-state index in [2.05, 4.69) is 11.4 Å². The third kappa shape index (κ3) is 4.30. The molecule has 2 rings (SSSR count). The molecule has 112 valence electrons. The van der Waals surface area contributed by atoms with Crippen LogP contribution in [0.15, 0.2) is 48.5 Å². The summed E-state index contributed by atoms with van der Waals surface area (Å²) in [4.78, 5) is 0. The molecule has 0 amide bonds. The SMILES string of the molecule is CNCC(Cc1ccccc1F)Cc1ccccc1OC. The average molecular weight is 287 g/mol. The van der Waals surface area contributed by atoms with Gasteiger partial charge in [0.1, 0.15) is 11.6 Å². The van der Waals surface area contributed by atoms with Gasteiger partial charge in [0.2, 0.25) is 0 Å². The highest BCUT2D eigenvalue weighted by Gasteiger charge is 2.14. The van der Waals surface area contributed by atoms with Crippen LogP contribution in [0.2, 0.25) is 0 Å². The van der Waals surface area contributed by atoms with E-state index in [4.69, 9.17) is 4.74 Å². The van der Waals surface area contributed by atoms with Gasteiger partial charge in [0.05, 0.1) is 7.11 Å². The van der Waals surface area contributed by atoms with Crippen LogP contribution >= 0.6 is 0 Å². The summed E-state index contributed by atoms with van der Waals surface area (Å²) in [7, 11) is 3.61. The van der Waals surface area contributed by atoms with Crippen LogP contribution in [-0.2, 0) is 12.8 Å². The molecule has 2 aromatic rings. The van der Waals surface area contributed by atoms with Crippen molar-refractivity contribution in [2.45, 2.75) is 12.8 Å². The topological polar surface area (TPSA) is 21.3 Å². The van der Waals surface area contributed by atoms with Gasteiger partial charge < -0.3 is 10.1 Å². The second-order valence-electron chi connectivity index (χ2n) is 5.24. The molecule has 21 heavy (non-hydrogen) atoms. The maximum atomic E-state index is 13.8. The molecule has 1 N–H and O–H groups in total. The van der Waals surface area contributed by atoms with E-state index in [0.717, 1.165) is 29.8 Å². The molecular formula is C18H22FNO. The van der Waals surface area contributed by atoms with Crippen LogP contribution in [0.3, 0.4) is 0 Å². The average Bonchev–Trinajstić information content (AvgIpc) is 2.50. The van der Waals surface area contributed by atoms with Crippen LogP contribution in [0, 0.1) is 11.7 Å². The molecule has 0 spiro atoms. The van der Waals surface area contributed by atoms with Gasteiger partial charge in [-0.3, -0.25) is 0 Å². The summed E-state index contributed by atoms with van der Waals surface area (Å²) in [5.74, 6) is 1.09. The Labute approximate surface area is 126 Å². The number of hydrogen-bond acceptors (Lipinski definition) is 2. The van der Waals surface area contributed by atoms with E-state index in [1.807, 2.05) is 37.4 Å². The Morgan fingerprint density at radius 1 is 1.00 bits per heavy atom. The molecule has 0 aromatic heterocycles. The predicted molar refractivity (Wildman–Crippen MR) is 84.2 cm³/mol. The zero-order valence-corrected chi connectivity index (χ0v) is 12.6. The summed E-state index contributed by atoms with van der Waals surface area (Å²) in [6.07, 6.45) is 1.57. The highest BCUT2D eigenvalue weighted by Crippen LogP contribution is 2.23. The fourth-order valence-corrected chi connectivity index (χ4v) is 2.66. The van der Waals surface area contributed by atoms with Crippen LogP contribution in [0.4, 0.5) is 4.39 Å². The van der Waals surface area contributed by atoms with Crippen molar-refractivity contribution in [1.82, 2.24) is 5.32 Å². The van der Waals surface area contributed by atoms with Gasteiger partial charge in [0.25, 0.3) is 0 Å². The summed E-state index contributed by atoms with van der Waals surface area (Å²) in [5.41, 5.74) is 1.93. The quantitative estimate of drug-likeness (QED) is 0.842. The van der Waals surface area contributed by atoms with E-state index in [-0.39, 0.29) is 5.82 Å². The normalized spacial score (nSPS) is 12.1. The molecule has 0 bridgehead atoms. The zero-order valence-electron chi connectivity index (χ0n) is 12.6. The molecule has 0 fully saturated rings. The van der Waals surface area contributed by atoms with Gasteiger partial charge in [0.15, 0.2) is 0 Å². The smallest absolute Gasteiger partial charge is 0.126 e. The minimum atomic E-state index is -0.126. The van der Waals surface area contributed by atoms with Gasteiger partial charge in [-0.1, -0.05) is 36.4 Å². The van der Waals surface area contributed by atoms with Crippen molar-refractivity contribution in [3.05, 3.63) is 65.5 Å². The number of para-hydroxylation sites is 1. The lowest BCUT2D eigenvalue weighted by Crippen LogP contribution is -2.23.